The second kappa shape index (κ2) is 17.1. The van der Waals surface area contributed by atoms with Crippen LogP contribution in [0.25, 0.3) is 10.9 Å². The Bertz CT molecular complexity index is 1370. The lowest BCUT2D eigenvalue weighted by atomic mass is 10.0. The number of guanidine groups is 1. The Kier molecular flexibility index (Phi) is 13.6. The van der Waals surface area contributed by atoms with Gasteiger partial charge in [-0.05, 0) is 43.7 Å². The zero-order chi connectivity index (χ0) is 32.8. The molecule has 0 saturated carbocycles. The summed E-state index contributed by atoms with van der Waals surface area (Å²) in [5, 5.41) is 26.7. The van der Waals surface area contributed by atoms with Gasteiger partial charge in [0.2, 0.25) is 23.6 Å². The van der Waals surface area contributed by atoms with Gasteiger partial charge in [-0.15, -0.1) is 0 Å². The standard InChI is InChI=1S/C27H39N9O8/c28-16(12-14-13-33-17-5-2-1-4-15(14)17)23(40)34-18(7-9-21(29)37)24(41)35-19(8-10-22(38)39)25(42)36-20(26(43)44)6-3-11-32-27(30)31/h1-2,4-5,13,16,18-20,33H,3,6-12,28H2,(H2,29,37)(H,34,40)(H,35,41)(H,36,42)(H,38,39)(H,43,44)(H4,30,31,32). The molecule has 1 aromatic heterocycles. The number of H-pyrrole nitrogens is 1. The van der Waals surface area contributed by atoms with Crippen LogP contribution in [0.5, 0.6) is 0 Å². The third-order valence-corrected chi connectivity index (χ3v) is 6.60. The zero-order valence-electron chi connectivity index (χ0n) is 24.0. The topological polar surface area (TPSA) is 311 Å². The molecular weight excluding hydrogens is 578 g/mol. The van der Waals surface area contributed by atoms with Crippen LogP contribution in [0.2, 0.25) is 0 Å². The smallest absolute Gasteiger partial charge is 0.326 e. The molecule has 0 aliphatic rings. The second-order valence-electron chi connectivity index (χ2n) is 10.1. The lowest BCUT2D eigenvalue weighted by Gasteiger charge is -2.25. The van der Waals surface area contributed by atoms with E-state index in [1.54, 1.807) is 6.20 Å². The molecule has 14 N–H and O–H groups in total. The molecule has 0 saturated heterocycles. The Labute approximate surface area is 252 Å². The molecule has 0 spiro atoms. The highest BCUT2D eigenvalue weighted by molar-refractivity contribution is 5.95. The van der Waals surface area contributed by atoms with Gasteiger partial charge >= 0.3 is 11.9 Å². The summed E-state index contributed by atoms with van der Waals surface area (Å²) in [6.45, 7) is 0.102. The number of carboxylic acids is 2. The molecule has 2 rings (SSSR count). The number of fused-ring (bicyclic) bond motifs is 1. The summed E-state index contributed by atoms with van der Waals surface area (Å²) in [4.78, 5) is 80.5. The summed E-state index contributed by atoms with van der Waals surface area (Å²) < 4.78 is 0. The van der Waals surface area contributed by atoms with Crippen LogP contribution in [0, 0.1) is 0 Å². The highest BCUT2D eigenvalue weighted by atomic mass is 16.4. The van der Waals surface area contributed by atoms with E-state index in [1.165, 1.54) is 0 Å². The number of nitrogens with one attached hydrogen (secondary N) is 4. The van der Waals surface area contributed by atoms with Gasteiger partial charge in [-0.25, -0.2) is 4.79 Å². The first kappa shape index (κ1) is 35.0. The lowest BCUT2D eigenvalue weighted by molar-refractivity contribution is -0.143. The molecule has 4 unspecified atom stereocenters. The Morgan fingerprint density at radius 2 is 1.41 bits per heavy atom. The maximum Gasteiger partial charge on any atom is 0.326 e. The van der Waals surface area contributed by atoms with Crippen LogP contribution in [0.15, 0.2) is 35.5 Å². The van der Waals surface area contributed by atoms with E-state index in [2.05, 4.69) is 25.9 Å². The molecule has 2 aromatic rings. The first-order chi connectivity index (χ1) is 20.8. The van der Waals surface area contributed by atoms with Crippen LogP contribution in [-0.4, -0.2) is 87.4 Å². The largest absolute Gasteiger partial charge is 0.481 e. The molecule has 17 heteroatoms. The highest BCUT2D eigenvalue weighted by Gasteiger charge is 2.31. The maximum atomic E-state index is 13.3. The third-order valence-electron chi connectivity index (χ3n) is 6.60. The number of carboxylic acid groups (broad SMARTS) is 2. The van der Waals surface area contributed by atoms with Gasteiger partial charge in [0.1, 0.15) is 18.1 Å². The summed E-state index contributed by atoms with van der Waals surface area (Å²) in [6.07, 6.45) is 0.458. The van der Waals surface area contributed by atoms with Crippen LogP contribution < -0.4 is 38.9 Å². The van der Waals surface area contributed by atoms with E-state index >= 15 is 0 Å². The van der Waals surface area contributed by atoms with Crippen molar-refractivity contribution in [1.29, 1.82) is 0 Å². The zero-order valence-corrected chi connectivity index (χ0v) is 24.0. The minimum Gasteiger partial charge on any atom is -0.481 e. The lowest BCUT2D eigenvalue weighted by Crippen LogP contribution is -2.57. The molecule has 240 valence electrons. The normalized spacial score (nSPS) is 13.6. The summed E-state index contributed by atoms with van der Waals surface area (Å²) in [5.74, 6) is -6.21. The van der Waals surface area contributed by atoms with Crippen molar-refractivity contribution in [2.75, 3.05) is 6.54 Å². The number of carbonyl (C=O) groups is 6. The summed E-state index contributed by atoms with van der Waals surface area (Å²) >= 11 is 0. The number of aliphatic carboxylic acids is 2. The van der Waals surface area contributed by atoms with E-state index in [0.717, 1.165) is 16.5 Å². The number of nitrogens with zero attached hydrogens (tertiary/aromatic N) is 1. The van der Waals surface area contributed by atoms with Gasteiger partial charge in [-0.3, -0.25) is 29.0 Å². The van der Waals surface area contributed by atoms with Crippen molar-refractivity contribution in [1.82, 2.24) is 20.9 Å². The van der Waals surface area contributed by atoms with Crippen LogP contribution in [0.4, 0.5) is 0 Å². The fraction of sp³-hybridized carbons (Fsp3) is 0.444. The van der Waals surface area contributed by atoms with Crippen molar-refractivity contribution in [2.24, 2.45) is 27.9 Å². The number of amides is 4. The van der Waals surface area contributed by atoms with Gasteiger partial charge in [0, 0.05) is 36.5 Å². The van der Waals surface area contributed by atoms with Gasteiger partial charge in [-0.1, -0.05) is 18.2 Å². The van der Waals surface area contributed by atoms with Crippen LogP contribution >= 0.6 is 0 Å². The van der Waals surface area contributed by atoms with E-state index < -0.39 is 72.6 Å². The molecule has 0 fully saturated rings. The molecule has 1 aromatic carbocycles. The molecule has 17 nitrogen and oxygen atoms in total. The van der Waals surface area contributed by atoms with Gasteiger partial charge < -0.3 is 54.1 Å². The number of rotatable bonds is 19. The predicted octanol–water partition coefficient (Wildman–Crippen LogP) is -2.24. The molecule has 1 heterocycles. The molecule has 0 aliphatic carbocycles. The van der Waals surface area contributed by atoms with Gasteiger partial charge in [0.15, 0.2) is 5.96 Å². The van der Waals surface area contributed by atoms with E-state index in [9.17, 15) is 33.9 Å². The highest BCUT2D eigenvalue weighted by Crippen LogP contribution is 2.19. The third kappa shape index (κ3) is 11.6. The summed E-state index contributed by atoms with van der Waals surface area (Å²) in [7, 11) is 0. The number of aromatic nitrogens is 1. The molecule has 0 bridgehead atoms. The number of hydrogen-bond donors (Lipinski definition) is 10. The Hall–Kier alpha value is -5.19. The fourth-order valence-corrected chi connectivity index (χ4v) is 4.31. The molecular formula is C27H39N9O8. The van der Waals surface area contributed by atoms with Crippen LogP contribution in [-0.2, 0) is 35.2 Å². The number of para-hydroxylation sites is 1. The number of hydrogen-bond acceptors (Lipinski definition) is 8. The fourth-order valence-electron chi connectivity index (χ4n) is 4.31. The first-order valence-corrected chi connectivity index (χ1v) is 13.8. The minimum absolute atomic E-state index is 0.0664. The monoisotopic (exact) mass is 617 g/mol. The average molecular weight is 618 g/mol. The Balaban J connectivity index is 2.15. The molecule has 0 aliphatic heterocycles. The van der Waals surface area contributed by atoms with Crippen LogP contribution in [0.1, 0.15) is 44.1 Å². The number of primary amides is 1. The van der Waals surface area contributed by atoms with E-state index in [1.807, 2.05) is 24.3 Å². The number of carbonyl (C=O) groups excluding carboxylic acids is 4. The van der Waals surface area contributed by atoms with Crippen LogP contribution in [0.3, 0.4) is 0 Å². The number of aromatic amines is 1. The van der Waals surface area contributed by atoms with Crippen molar-refractivity contribution in [3.63, 3.8) is 0 Å². The minimum atomic E-state index is -1.49. The van der Waals surface area contributed by atoms with Gasteiger partial charge in [0.05, 0.1) is 6.04 Å². The van der Waals surface area contributed by atoms with E-state index in [0.29, 0.717) is 0 Å². The Morgan fingerprint density at radius 1 is 0.818 bits per heavy atom. The SMILES string of the molecule is NC(=O)CCC(NC(=O)C(N)Cc1c[nH]c2ccccc12)C(=O)NC(CCC(=O)O)C(=O)NC(CCCN=C(N)N)C(=O)O. The summed E-state index contributed by atoms with van der Waals surface area (Å²) in [5.41, 5.74) is 23.5. The average Bonchev–Trinajstić information content (AvgIpc) is 3.36. The van der Waals surface area contributed by atoms with Gasteiger partial charge in [0.25, 0.3) is 0 Å². The maximum absolute atomic E-state index is 13.3. The summed E-state index contributed by atoms with van der Waals surface area (Å²) in [6, 6.07) is 2.03. The predicted molar refractivity (Wildman–Crippen MR) is 159 cm³/mol. The van der Waals surface area contributed by atoms with E-state index in [-0.39, 0.29) is 44.6 Å². The van der Waals surface area contributed by atoms with Crippen molar-refractivity contribution >= 4 is 52.4 Å². The van der Waals surface area contributed by atoms with Crippen molar-refractivity contribution in [3.05, 3.63) is 36.0 Å². The van der Waals surface area contributed by atoms with Crippen molar-refractivity contribution in [2.45, 2.75) is 69.1 Å². The second-order valence-corrected chi connectivity index (χ2v) is 10.1. The molecule has 4 atom stereocenters. The Morgan fingerprint density at radius 3 is 2.00 bits per heavy atom. The molecule has 4 amide bonds. The number of aliphatic imine (C=N–C) groups is 1. The van der Waals surface area contributed by atoms with E-state index in [4.69, 9.17) is 28.0 Å². The molecule has 0 radical (unpaired) electrons. The number of benzene rings is 1. The molecule has 44 heavy (non-hydrogen) atoms. The van der Waals surface area contributed by atoms with Crippen molar-refractivity contribution in [3.8, 4) is 0 Å². The number of nitrogens with two attached hydrogens (primary N) is 4. The van der Waals surface area contributed by atoms with Gasteiger partial charge in [-0.2, -0.15) is 0 Å². The van der Waals surface area contributed by atoms with Crippen molar-refractivity contribution < 1.29 is 39.0 Å². The first-order valence-electron chi connectivity index (χ1n) is 13.8. The quantitative estimate of drug-likeness (QED) is 0.0456.